The Bertz CT molecular complexity index is 192. The van der Waals surface area contributed by atoms with Gasteiger partial charge in [-0.3, -0.25) is 0 Å². The van der Waals surface area contributed by atoms with Crippen LogP contribution < -0.4 is 4.89 Å². The first-order valence-corrected chi connectivity index (χ1v) is 8.34. The molecular formula is C12H26O2P-. The minimum Gasteiger partial charge on any atom is -0.799 e. The van der Waals surface area contributed by atoms with Crippen LogP contribution in [0.25, 0.3) is 0 Å². The first-order valence-electron chi connectivity index (χ1n) is 6.34. The van der Waals surface area contributed by atoms with Gasteiger partial charge >= 0.3 is 0 Å². The Labute approximate surface area is 94.9 Å². The first-order chi connectivity index (χ1) is 7.05. The number of hydrogen-bond acceptors (Lipinski definition) is 2. The lowest BCUT2D eigenvalue weighted by molar-refractivity contribution is -0.175. The third-order valence-electron chi connectivity index (χ3n) is 2.93. The highest BCUT2D eigenvalue weighted by atomic mass is 31.2. The van der Waals surface area contributed by atoms with Crippen molar-refractivity contribution < 1.29 is 9.46 Å². The molecule has 2 nitrogen and oxygen atoms in total. The summed E-state index contributed by atoms with van der Waals surface area (Å²) in [6.07, 6.45) is 7.03. The highest BCUT2D eigenvalue weighted by Crippen LogP contribution is 2.40. The fourth-order valence-electron chi connectivity index (χ4n) is 1.80. The number of unbranched alkanes of at least 4 members (excludes halogenated alkanes) is 2. The summed E-state index contributed by atoms with van der Waals surface area (Å²) in [7, 11) is -3.07. The molecule has 0 bridgehead atoms. The Balaban J connectivity index is 3.97. The van der Waals surface area contributed by atoms with E-state index in [1.807, 2.05) is 6.92 Å². The maximum absolute atomic E-state index is 11.7. The van der Waals surface area contributed by atoms with Gasteiger partial charge in [0.25, 0.3) is 0 Å². The molecule has 0 fully saturated rings. The van der Waals surface area contributed by atoms with E-state index in [1.165, 1.54) is 0 Å². The Morgan fingerprint density at radius 1 is 1.13 bits per heavy atom. The summed E-state index contributed by atoms with van der Waals surface area (Å²) in [5.41, 5.74) is 0. The third-order valence-corrected chi connectivity index (χ3v) is 5.00. The second kappa shape index (κ2) is 8.35. The van der Waals surface area contributed by atoms with E-state index in [0.717, 1.165) is 38.5 Å². The second-order valence-electron chi connectivity index (χ2n) is 4.49. The molecule has 0 aliphatic rings. The molecule has 15 heavy (non-hydrogen) atoms. The van der Waals surface area contributed by atoms with Crippen molar-refractivity contribution in [1.82, 2.24) is 0 Å². The summed E-state index contributed by atoms with van der Waals surface area (Å²) in [5, 5.41) is 0. The summed E-state index contributed by atoms with van der Waals surface area (Å²) in [5.74, 6) is 0.394. The zero-order valence-corrected chi connectivity index (χ0v) is 11.4. The molecule has 2 unspecified atom stereocenters. The van der Waals surface area contributed by atoms with Gasteiger partial charge in [-0.15, -0.1) is 0 Å². The van der Waals surface area contributed by atoms with Crippen molar-refractivity contribution in [2.24, 2.45) is 5.92 Å². The molecule has 0 aromatic carbocycles. The van der Waals surface area contributed by atoms with E-state index < -0.39 is 7.37 Å². The lowest BCUT2D eigenvalue weighted by Crippen LogP contribution is -2.15. The fraction of sp³-hybridized carbons (Fsp3) is 1.00. The lowest BCUT2D eigenvalue weighted by Gasteiger charge is -2.28. The molecule has 0 spiro atoms. The fourth-order valence-corrected chi connectivity index (χ4v) is 4.01. The van der Waals surface area contributed by atoms with Crippen molar-refractivity contribution in [3.05, 3.63) is 0 Å². The average molecular weight is 233 g/mol. The van der Waals surface area contributed by atoms with Crippen molar-refractivity contribution >= 4 is 7.37 Å². The minimum absolute atomic E-state index is 0.394. The highest BCUT2D eigenvalue weighted by molar-refractivity contribution is 7.56. The largest absolute Gasteiger partial charge is 0.799 e. The van der Waals surface area contributed by atoms with Crippen LogP contribution in [-0.4, -0.2) is 12.3 Å². The maximum Gasteiger partial charge on any atom is 0.0150 e. The Hall–Kier alpha value is 0.190. The quantitative estimate of drug-likeness (QED) is 0.570. The van der Waals surface area contributed by atoms with Gasteiger partial charge in [-0.05, 0) is 24.7 Å². The smallest absolute Gasteiger partial charge is 0.0150 e. The molecule has 0 aromatic rings. The second-order valence-corrected chi connectivity index (χ2v) is 6.93. The van der Waals surface area contributed by atoms with E-state index in [9.17, 15) is 9.46 Å². The van der Waals surface area contributed by atoms with Gasteiger partial charge in [-0.2, -0.15) is 0 Å². The van der Waals surface area contributed by atoms with Crippen LogP contribution in [0.2, 0.25) is 0 Å². The van der Waals surface area contributed by atoms with Crippen LogP contribution in [0.3, 0.4) is 0 Å². The molecule has 0 saturated heterocycles. The molecule has 2 atom stereocenters. The molecule has 0 amide bonds. The van der Waals surface area contributed by atoms with Crippen LogP contribution in [0.15, 0.2) is 0 Å². The third kappa shape index (κ3) is 8.04. The SMILES string of the molecule is CCCCC(CC)CP(=O)([O-])CCCC. The molecule has 0 rings (SSSR count). The molecule has 0 aliphatic carbocycles. The summed E-state index contributed by atoms with van der Waals surface area (Å²) in [6.45, 7) is 6.29. The zero-order chi connectivity index (χ0) is 11.7. The van der Waals surface area contributed by atoms with Crippen molar-refractivity contribution in [3.8, 4) is 0 Å². The van der Waals surface area contributed by atoms with Crippen molar-refractivity contribution in [2.75, 3.05) is 12.3 Å². The Morgan fingerprint density at radius 3 is 2.20 bits per heavy atom. The van der Waals surface area contributed by atoms with Crippen molar-refractivity contribution in [2.45, 2.75) is 59.3 Å². The standard InChI is InChI=1S/C12H27O2P/c1-4-7-9-12(6-3)11-15(13,14)10-8-5-2/h12H,4-11H2,1-3H3,(H,13,14)/p-1. The summed E-state index contributed by atoms with van der Waals surface area (Å²) in [6, 6.07) is 0. The van der Waals surface area contributed by atoms with Crippen LogP contribution in [0.4, 0.5) is 0 Å². The van der Waals surface area contributed by atoms with Gasteiger partial charge < -0.3 is 9.46 Å². The normalized spacial score (nSPS) is 17.3. The first kappa shape index (κ1) is 15.2. The van der Waals surface area contributed by atoms with Crippen LogP contribution in [0.1, 0.15) is 59.3 Å². The van der Waals surface area contributed by atoms with E-state index in [1.54, 1.807) is 0 Å². The summed E-state index contributed by atoms with van der Waals surface area (Å²) >= 11 is 0. The van der Waals surface area contributed by atoms with Gasteiger partial charge in [-0.1, -0.05) is 52.9 Å². The maximum atomic E-state index is 11.7. The summed E-state index contributed by atoms with van der Waals surface area (Å²) < 4.78 is 11.7. The topological polar surface area (TPSA) is 40.1 Å². The zero-order valence-electron chi connectivity index (χ0n) is 10.5. The Kier molecular flexibility index (Phi) is 8.46. The molecule has 0 aliphatic heterocycles. The van der Waals surface area contributed by atoms with Gasteiger partial charge in [0.1, 0.15) is 0 Å². The van der Waals surface area contributed by atoms with Gasteiger partial charge in [0, 0.05) is 7.37 Å². The minimum atomic E-state index is -3.07. The molecule has 0 heterocycles. The van der Waals surface area contributed by atoms with Crippen molar-refractivity contribution in [1.29, 1.82) is 0 Å². The number of rotatable bonds is 9. The predicted molar refractivity (Wildman–Crippen MR) is 65.6 cm³/mol. The van der Waals surface area contributed by atoms with E-state index in [-0.39, 0.29) is 0 Å². The molecule has 0 radical (unpaired) electrons. The molecular weight excluding hydrogens is 207 g/mol. The monoisotopic (exact) mass is 233 g/mol. The van der Waals surface area contributed by atoms with Gasteiger partial charge in [0.05, 0.1) is 0 Å². The van der Waals surface area contributed by atoms with E-state index in [0.29, 0.717) is 18.2 Å². The van der Waals surface area contributed by atoms with E-state index in [2.05, 4.69) is 13.8 Å². The molecule has 0 saturated carbocycles. The molecule has 0 aromatic heterocycles. The molecule has 3 heteroatoms. The Morgan fingerprint density at radius 2 is 1.73 bits per heavy atom. The van der Waals surface area contributed by atoms with Crippen LogP contribution in [0.5, 0.6) is 0 Å². The van der Waals surface area contributed by atoms with E-state index >= 15 is 0 Å². The number of hydrogen-bond donors (Lipinski definition) is 0. The summed E-state index contributed by atoms with van der Waals surface area (Å²) in [4.78, 5) is 11.7. The van der Waals surface area contributed by atoms with Crippen LogP contribution in [-0.2, 0) is 4.57 Å². The van der Waals surface area contributed by atoms with Gasteiger partial charge in [-0.25, -0.2) is 0 Å². The molecule has 92 valence electrons. The van der Waals surface area contributed by atoms with Gasteiger partial charge in [0.15, 0.2) is 0 Å². The lowest BCUT2D eigenvalue weighted by atomic mass is 10.0. The predicted octanol–water partition coefficient (Wildman–Crippen LogP) is 3.64. The van der Waals surface area contributed by atoms with E-state index in [4.69, 9.17) is 0 Å². The van der Waals surface area contributed by atoms with Crippen molar-refractivity contribution in [3.63, 3.8) is 0 Å². The average Bonchev–Trinajstić information content (AvgIpc) is 2.21. The highest BCUT2D eigenvalue weighted by Gasteiger charge is 2.14. The van der Waals surface area contributed by atoms with Crippen LogP contribution in [0, 0.1) is 5.92 Å². The molecule has 0 N–H and O–H groups in total. The van der Waals surface area contributed by atoms with Crippen LogP contribution >= 0.6 is 7.37 Å². The van der Waals surface area contributed by atoms with Gasteiger partial charge in [0.2, 0.25) is 0 Å².